The molecular formula is C18H20BF2N5O2. The van der Waals surface area contributed by atoms with Crippen molar-refractivity contribution in [1.29, 1.82) is 5.26 Å². The molecule has 0 atom stereocenters. The third-order valence-electron chi connectivity index (χ3n) is 4.87. The minimum Gasteiger partial charge on any atom is -0.278 e. The lowest BCUT2D eigenvalue weighted by molar-refractivity contribution is -0.120. The average molecular weight is 387 g/mol. The van der Waals surface area contributed by atoms with E-state index in [-0.39, 0.29) is 18.6 Å². The van der Waals surface area contributed by atoms with E-state index in [9.17, 15) is 18.4 Å². The molecule has 146 valence electrons. The highest BCUT2D eigenvalue weighted by Crippen LogP contribution is 2.33. The fraction of sp³-hybridized carbons (Fsp3) is 0.444. The molecule has 4 rings (SSSR count). The van der Waals surface area contributed by atoms with Crippen LogP contribution in [0.2, 0.25) is 12.6 Å². The molecule has 3 heterocycles. The smallest absolute Gasteiger partial charge is 0.278 e. The van der Waals surface area contributed by atoms with Gasteiger partial charge >= 0.3 is 6.03 Å². The van der Waals surface area contributed by atoms with E-state index in [1.54, 1.807) is 4.68 Å². The number of anilines is 1. The van der Waals surface area contributed by atoms with E-state index < -0.39 is 18.7 Å². The number of aromatic nitrogens is 2. The zero-order valence-electron chi connectivity index (χ0n) is 15.5. The molecule has 2 aliphatic heterocycles. The van der Waals surface area contributed by atoms with Crippen LogP contribution in [0.3, 0.4) is 0 Å². The van der Waals surface area contributed by atoms with Crippen molar-refractivity contribution < 1.29 is 18.4 Å². The van der Waals surface area contributed by atoms with Crippen LogP contribution in [0, 0.1) is 11.2 Å². The molecule has 1 N–H and O–H groups in total. The summed E-state index contributed by atoms with van der Waals surface area (Å²) in [6, 6.07) is 7.28. The van der Waals surface area contributed by atoms with Gasteiger partial charge in [-0.05, 0) is 12.1 Å². The Balaban J connectivity index is 0.000000192. The summed E-state index contributed by atoms with van der Waals surface area (Å²) in [5.74, 6) is -0.335. The maximum atomic E-state index is 12.5. The first-order valence-electron chi connectivity index (χ1n) is 9.11. The Hall–Kier alpha value is -2.96. The van der Waals surface area contributed by atoms with Gasteiger partial charge in [-0.3, -0.25) is 19.7 Å². The van der Waals surface area contributed by atoms with Crippen molar-refractivity contribution in [2.24, 2.45) is 7.05 Å². The summed E-state index contributed by atoms with van der Waals surface area (Å²) in [5.41, 5.74) is 0.956. The van der Waals surface area contributed by atoms with Crippen molar-refractivity contribution in [2.45, 2.75) is 37.8 Å². The summed E-state index contributed by atoms with van der Waals surface area (Å²) in [6.07, 6.45) is 1.17. The van der Waals surface area contributed by atoms with Gasteiger partial charge in [-0.15, -0.1) is 0 Å². The molecular weight excluding hydrogens is 367 g/mol. The van der Waals surface area contributed by atoms with Gasteiger partial charge in [-0.25, -0.2) is 18.8 Å². The highest BCUT2D eigenvalue weighted by Gasteiger charge is 2.38. The van der Waals surface area contributed by atoms with Crippen LogP contribution in [0.25, 0.3) is 10.9 Å². The molecule has 1 aromatic carbocycles. The molecule has 2 aliphatic rings. The highest BCUT2D eigenvalue weighted by molar-refractivity contribution is 6.67. The molecule has 0 radical (unpaired) electrons. The van der Waals surface area contributed by atoms with E-state index in [4.69, 9.17) is 5.26 Å². The monoisotopic (exact) mass is 387 g/mol. The van der Waals surface area contributed by atoms with Crippen molar-refractivity contribution in [3.8, 4) is 5.97 Å². The largest absolute Gasteiger partial charge is 0.329 e. The number of nitrogens with zero attached hydrogens (tertiary/aromatic N) is 4. The Kier molecular flexibility index (Phi) is 5.63. The molecule has 28 heavy (non-hydrogen) atoms. The van der Waals surface area contributed by atoms with E-state index in [1.807, 2.05) is 37.3 Å². The number of hydrogen-bond donors (Lipinski definition) is 1. The van der Waals surface area contributed by atoms with Crippen LogP contribution in [-0.4, -0.2) is 40.9 Å². The summed E-state index contributed by atoms with van der Waals surface area (Å²) in [7, 11) is 1.83. The number of fused-ring (bicyclic) bond motifs is 1. The number of aryl methyl sites for hydroxylation is 1. The van der Waals surface area contributed by atoms with Crippen molar-refractivity contribution >= 4 is 35.4 Å². The molecule has 1 aromatic heterocycles. The molecule has 0 bridgehead atoms. The third-order valence-corrected chi connectivity index (χ3v) is 4.87. The molecule has 0 unspecified atom stereocenters. The molecule has 2 saturated heterocycles. The average Bonchev–Trinajstić information content (AvgIpc) is 2.98. The number of halogens is 2. The van der Waals surface area contributed by atoms with Crippen molar-refractivity contribution in [2.75, 3.05) is 11.4 Å². The van der Waals surface area contributed by atoms with Crippen LogP contribution in [0.15, 0.2) is 24.3 Å². The molecule has 7 nitrogen and oxygen atoms in total. The van der Waals surface area contributed by atoms with Gasteiger partial charge in [0.1, 0.15) is 0 Å². The number of alkyl halides is 2. The van der Waals surface area contributed by atoms with E-state index in [0.29, 0.717) is 31.5 Å². The second kappa shape index (κ2) is 7.96. The SMILES string of the molecule is Cn1nc(N2CCC(=O)NC2=O)c2ccccc21.N#CB1CCCC(F)(F)C1. The minimum atomic E-state index is -2.57. The minimum absolute atomic E-state index is 0.0365. The van der Waals surface area contributed by atoms with Crippen molar-refractivity contribution in [1.82, 2.24) is 15.1 Å². The van der Waals surface area contributed by atoms with Crippen LogP contribution >= 0.6 is 0 Å². The lowest BCUT2D eigenvalue weighted by atomic mass is 9.42. The van der Waals surface area contributed by atoms with E-state index in [1.165, 1.54) is 4.90 Å². The highest BCUT2D eigenvalue weighted by atomic mass is 19.3. The number of imide groups is 1. The van der Waals surface area contributed by atoms with Gasteiger partial charge in [0.25, 0.3) is 6.71 Å². The summed E-state index contributed by atoms with van der Waals surface area (Å²) < 4.78 is 26.7. The summed E-state index contributed by atoms with van der Waals surface area (Å²) in [6.45, 7) is -0.0465. The van der Waals surface area contributed by atoms with Gasteiger partial charge in [-0.1, -0.05) is 24.9 Å². The van der Waals surface area contributed by atoms with Gasteiger partial charge in [0.15, 0.2) is 5.82 Å². The molecule has 10 heteroatoms. The molecule has 0 saturated carbocycles. The van der Waals surface area contributed by atoms with Gasteiger partial charge in [0.05, 0.1) is 5.52 Å². The van der Waals surface area contributed by atoms with Crippen LogP contribution in [0.5, 0.6) is 0 Å². The number of rotatable bonds is 1. The van der Waals surface area contributed by atoms with Crippen LogP contribution in [0.4, 0.5) is 19.4 Å². The summed E-state index contributed by atoms with van der Waals surface area (Å²) >= 11 is 0. The first kappa shape index (κ1) is 19.8. The number of benzene rings is 1. The standard InChI is InChI=1S/C12H12N4O2.C6H8BF2N/c1-15-9-5-3-2-4-8(9)11(14-15)16-7-6-10(17)13-12(16)18;8-6(9)2-1-3-7(4-6)5-10/h2-5H,6-7H2,1H3,(H,13,17,18);1-4H2. The summed E-state index contributed by atoms with van der Waals surface area (Å²) in [5, 5.41) is 15.9. The number of nitrogens with one attached hydrogen (secondary N) is 1. The summed E-state index contributed by atoms with van der Waals surface area (Å²) in [4.78, 5) is 24.4. The number of hydrogen-bond acceptors (Lipinski definition) is 4. The van der Waals surface area contributed by atoms with Crippen LogP contribution in [0.1, 0.15) is 19.3 Å². The third kappa shape index (κ3) is 4.30. The maximum absolute atomic E-state index is 12.5. The van der Waals surface area contributed by atoms with E-state index >= 15 is 0 Å². The molecule has 3 amide bonds. The molecule has 2 fully saturated rings. The quantitative estimate of drug-likeness (QED) is 0.762. The predicted molar refractivity (Wildman–Crippen MR) is 101 cm³/mol. The number of carbonyl (C=O) groups excluding carboxylic acids is 2. The van der Waals surface area contributed by atoms with Gasteiger partial charge in [0, 0.05) is 44.1 Å². The Morgan fingerprint density at radius 1 is 1.32 bits per heavy atom. The van der Waals surface area contributed by atoms with Crippen LogP contribution < -0.4 is 10.2 Å². The zero-order chi connectivity index (χ0) is 20.3. The first-order valence-corrected chi connectivity index (χ1v) is 9.11. The Labute approximate surface area is 161 Å². The number of carbonyl (C=O) groups is 2. The molecule has 0 spiro atoms. The number of para-hydroxylation sites is 1. The van der Waals surface area contributed by atoms with Gasteiger partial charge < -0.3 is 0 Å². The Morgan fingerprint density at radius 3 is 2.71 bits per heavy atom. The van der Waals surface area contributed by atoms with Crippen molar-refractivity contribution in [3.63, 3.8) is 0 Å². The Bertz CT molecular complexity index is 940. The van der Waals surface area contributed by atoms with Gasteiger partial charge in [-0.2, -0.15) is 5.10 Å². The second-order valence-corrected chi connectivity index (χ2v) is 7.00. The lowest BCUT2D eigenvalue weighted by Gasteiger charge is -2.24. The maximum Gasteiger partial charge on any atom is 0.329 e. The van der Waals surface area contributed by atoms with E-state index in [0.717, 1.165) is 10.9 Å². The number of amides is 3. The molecule has 0 aliphatic carbocycles. The number of urea groups is 1. The fourth-order valence-electron chi connectivity index (χ4n) is 3.44. The second-order valence-electron chi connectivity index (χ2n) is 7.00. The fourth-order valence-corrected chi connectivity index (χ4v) is 3.44. The zero-order valence-corrected chi connectivity index (χ0v) is 15.5. The normalized spacial score (nSPS) is 18.9. The number of nitriles is 1. The van der Waals surface area contributed by atoms with Crippen molar-refractivity contribution in [3.05, 3.63) is 24.3 Å². The Morgan fingerprint density at radius 2 is 2.07 bits per heavy atom. The lowest BCUT2D eigenvalue weighted by Crippen LogP contribution is -2.49. The molecule has 2 aromatic rings. The topological polar surface area (TPSA) is 91.0 Å². The van der Waals surface area contributed by atoms with Gasteiger partial charge in [0.2, 0.25) is 11.8 Å². The predicted octanol–water partition coefficient (Wildman–Crippen LogP) is 2.99. The van der Waals surface area contributed by atoms with Crippen LogP contribution in [-0.2, 0) is 11.8 Å². The first-order chi connectivity index (χ1) is 13.3. The van der Waals surface area contributed by atoms with E-state index in [2.05, 4.69) is 10.4 Å².